The summed E-state index contributed by atoms with van der Waals surface area (Å²) >= 11 is 0. The van der Waals surface area contributed by atoms with Crippen molar-refractivity contribution in [1.82, 2.24) is 14.0 Å². The van der Waals surface area contributed by atoms with Gasteiger partial charge in [-0.25, -0.2) is 4.98 Å². The molecule has 0 spiro atoms. The summed E-state index contributed by atoms with van der Waals surface area (Å²) < 4.78 is 14.3. The molecule has 0 saturated carbocycles. The number of imidazole rings is 2. The van der Waals surface area contributed by atoms with Crippen LogP contribution in [0.1, 0.15) is 26.7 Å². The Balaban J connectivity index is 2.23. The molecule has 4 nitrogen and oxygen atoms in total. The predicted octanol–water partition coefficient (Wildman–Crippen LogP) is 2.29. The zero-order chi connectivity index (χ0) is 14.5. The van der Waals surface area contributed by atoms with Crippen LogP contribution in [0.3, 0.4) is 0 Å². The van der Waals surface area contributed by atoms with Crippen molar-refractivity contribution >= 4 is 5.78 Å². The summed E-state index contributed by atoms with van der Waals surface area (Å²) in [6.45, 7) is 3.81. The van der Waals surface area contributed by atoms with Crippen molar-refractivity contribution < 1.29 is 5.94 Å². The van der Waals surface area contributed by atoms with Crippen LogP contribution >= 0.6 is 0 Å². The fourth-order valence-electron chi connectivity index (χ4n) is 2.37. The molecule has 0 fully saturated rings. The maximum atomic E-state index is 8.20. The summed E-state index contributed by atoms with van der Waals surface area (Å²) in [6, 6.07) is 4.09. The summed E-state index contributed by atoms with van der Waals surface area (Å²) in [5.74, 6) is 0.310. The highest BCUT2D eigenvalue weighted by Crippen LogP contribution is 2.22. The van der Waals surface area contributed by atoms with Crippen molar-refractivity contribution in [3.05, 3.63) is 42.5 Å². The van der Waals surface area contributed by atoms with E-state index < -0.39 is 5.89 Å². The molecule has 0 bridgehead atoms. The van der Waals surface area contributed by atoms with Crippen molar-refractivity contribution in [2.45, 2.75) is 19.7 Å². The maximum Gasteiger partial charge on any atom is 0.230 e. The lowest BCUT2D eigenvalue weighted by Crippen LogP contribution is -2.31. The van der Waals surface area contributed by atoms with Gasteiger partial charge in [0, 0.05) is 39.1 Å². The molecule has 3 aromatic heterocycles. The Morgan fingerprint density at radius 3 is 2.89 bits per heavy atom. The molecule has 0 unspecified atom stereocenters. The van der Waals surface area contributed by atoms with Crippen LogP contribution in [0.5, 0.6) is 0 Å². The SMILES string of the molecule is [2H]C(C)(C)c1cc[n+](C)c(-c2cn3ccnc3n2C)c1. The van der Waals surface area contributed by atoms with Crippen LogP contribution in [-0.4, -0.2) is 14.0 Å². The van der Waals surface area contributed by atoms with Crippen LogP contribution < -0.4 is 4.57 Å². The van der Waals surface area contributed by atoms with Gasteiger partial charge in [-0.15, -0.1) is 0 Å². The van der Waals surface area contributed by atoms with E-state index in [1.807, 2.05) is 50.8 Å². The number of aryl methyl sites for hydroxylation is 2. The van der Waals surface area contributed by atoms with Gasteiger partial charge in [-0.3, -0.25) is 4.40 Å². The molecule has 0 aliphatic carbocycles. The number of hydrogen-bond acceptors (Lipinski definition) is 1. The fraction of sp³-hybridized carbons (Fsp3) is 0.333. The zero-order valence-electron chi connectivity index (χ0n) is 12.8. The first-order valence-corrected chi connectivity index (χ1v) is 6.37. The van der Waals surface area contributed by atoms with E-state index in [4.69, 9.17) is 1.37 Å². The molecule has 19 heavy (non-hydrogen) atoms. The van der Waals surface area contributed by atoms with Gasteiger partial charge in [0.2, 0.25) is 11.5 Å². The van der Waals surface area contributed by atoms with Gasteiger partial charge in [0.05, 0.1) is 0 Å². The summed E-state index contributed by atoms with van der Waals surface area (Å²) in [6.07, 6.45) is 7.81. The molecule has 0 N–H and O–H groups in total. The third-order valence-corrected chi connectivity index (χ3v) is 3.56. The second-order valence-corrected chi connectivity index (χ2v) is 5.12. The topological polar surface area (TPSA) is 26.1 Å². The molecule has 3 aromatic rings. The normalized spacial score (nSPS) is 12.9. The highest BCUT2D eigenvalue weighted by Gasteiger charge is 2.17. The van der Waals surface area contributed by atoms with Crippen LogP contribution in [0, 0.1) is 0 Å². The Morgan fingerprint density at radius 1 is 1.42 bits per heavy atom. The minimum absolute atomic E-state index is 0.603. The summed E-state index contributed by atoms with van der Waals surface area (Å²) in [5.41, 5.74) is 3.17. The van der Waals surface area contributed by atoms with E-state index >= 15 is 0 Å². The van der Waals surface area contributed by atoms with Crippen LogP contribution in [0.25, 0.3) is 17.2 Å². The quantitative estimate of drug-likeness (QED) is 0.646. The average Bonchev–Trinajstić information content (AvgIpc) is 2.92. The van der Waals surface area contributed by atoms with Crippen molar-refractivity contribution in [3.8, 4) is 11.4 Å². The summed E-state index contributed by atoms with van der Waals surface area (Å²) in [4.78, 5) is 4.34. The third-order valence-electron chi connectivity index (χ3n) is 3.56. The second kappa shape index (κ2) is 4.23. The second-order valence-electron chi connectivity index (χ2n) is 5.12. The van der Waals surface area contributed by atoms with E-state index in [1.165, 1.54) is 0 Å². The predicted molar refractivity (Wildman–Crippen MR) is 74.9 cm³/mol. The van der Waals surface area contributed by atoms with Crippen molar-refractivity contribution in [2.24, 2.45) is 14.1 Å². The van der Waals surface area contributed by atoms with Crippen molar-refractivity contribution in [3.63, 3.8) is 0 Å². The molecule has 4 heteroatoms. The van der Waals surface area contributed by atoms with Crippen LogP contribution in [0.2, 0.25) is 0 Å². The monoisotopic (exact) mass is 256 g/mol. The molecule has 0 aliphatic rings. The lowest BCUT2D eigenvalue weighted by atomic mass is 10.0. The standard InChI is InChI=1S/C15H19N4/c1-11(2)12-5-7-17(3)13(9-12)14-10-19-8-6-16-15(19)18(14)4/h5-11H,1-4H3/q+1/i11D. The molecule has 0 saturated heterocycles. The number of hydrogen-bond donors (Lipinski definition) is 0. The number of rotatable bonds is 2. The molecule has 0 aliphatic heterocycles. The first kappa shape index (κ1) is 10.8. The minimum atomic E-state index is -0.603. The Hall–Kier alpha value is -2.10. The number of fused-ring (bicyclic) bond motifs is 1. The van der Waals surface area contributed by atoms with E-state index in [0.717, 1.165) is 22.7 Å². The fourth-order valence-corrected chi connectivity index (χ4v) is 2.37. The summed E-state index contributed by atoms with van der Waals surface area (Å²) in [7, 11) is 4.03. The van der Waals surface area contributed by atoms with Gasteiger partial charge in [0.1, 0.15) is 12.7 Å². The highest BCUT2D eigenvalue weighted by molar-refractivity contribution is 5.57. The van der Waals surface area contributed by atoms with Crippen molar-refractivity contribution in [1.29, 1.82) is 0 Å². The Morgan fingerprint density at radius 2 is 2.21 bits per heavy atom. The maximum absolute atomic E-state index is 8.20. The number of nitrogens with zero attached hydrogens (tertiary/aromatic N) is 4. The van der Waals surface area contributed by atoms with Gasteiger partial charge in [-0.2, -0.15) is 4.57 Å². The molecular weight excluding hydrogens is 236 g/mol. The first-order valence-electron chi connectivity index (χ1n) is 6.87. The highest BCUT2D eigenvalue weighted by atomic mass is 15.2. The van der Waals surface area contributed by atoms with Crippen molar-refractivity contribution in [2.75, 3.05) is 0 Å². The van der Waals surface area contributed by atoms with Gasteiger partial charge >= 0.3 is 0 Å². The van der Waals surface area contributed by atoms with E-state index in [9.17, 15) is 0 Å². The van der Waals surface area contributed by atoms with E-state index in [0.29, 0.717) is 0 Å². The zero-order valence-corrected chi connectivity index (χ0v) is 11.8. The molecule has 0 amide bonds. The lowest BCUT2D eigenvalue weighted by molar-refractivity contribution is -0.660. The molecule has 0 atom stereocenters. The Kier molecular flexibility index (Phi) is 2.40. The van der Waals surface area contributed by atoms with Gasteiger partial charge in [0.15, 0.2) is 6.20 Å². The van der Waals surface area contributed by atoms with Crippen LogP contribution in [0.15, 0.2) is 36.9 Å². The lowest BCUT2D eigenvalue weighted by Gasteiger charge is -2.07. The minimum Gasteiger partial charge on any atom is -0.308 e. The van der Waals surface area contributed by atoms with Gasteiger partial charge in [-0.05, 0) is 11.5 Å². The Labute approximate surface area is 114 Å². The Bertz CT molecular complexity index is 777. The largest absolute Gasteiger partial charge is 0.308 e. The van der Waals surface area contributed by atoms with E-state index in [-0.39, 0.29) is 0 Å². The molecule has 0 radical (unpaired) electrons. The molecule has 98 valence electrons. The van der Waals surface area contributed by atoms with Gasteiger partial charge < -0.3 is 4.57 Å². The smallest absolute Gasteiger partial charge is 0.230 e. The third kappa shape index (κ3) is 1.84. The van der Waals surface area contributed by atoms with Gasteiger partial charge in [-0.1, -0.05) is 13.8 Å². The molecule has 3 rings (SSSR count). The van der Waals surface area contributed by atoms with Crippen LogP contribution in [-0.2, 0) is 14.1 Å². The molecule has 0 aromatic carbocycles. The molecular formula is C15H19N4+. The summed E-state index contributed by atoms with van der Waals surface area (Å²) in [5, 5.41) is 0. The molecule has 3 heterocycles. The van der Waals surface area contributed by atoms with E-state index in [1.54, 1.807) is 6.20 Å². The van der Waals surface area contributed by atoms with E-state index in [2.05, 4.69) is 26.4 Å². The number of aromatic nitrogens is 4. The van der Waals surface area contributed by atoms with Gasteiger partial charge in [0.25, 0.3) is 0 Å². The van der Waals surface area contributed by atoms with Crippen LogP contribution in [0.4, 0.5) is 0 Å². The number of pyridine rings is 1. The first-order chi connectivity index (χ1) is 9.38. The average molecular weight is 256 g/mol.